The first-order valence-corrected chi connectivity index (χ1v) is 8.96. The molecule has 0 radical (unpaired) electrons. The minimum absolute atomic E-state index is 0.777. The van der Waals surface area contributed by atoms with Crippen LogP contribution in [-0.4, -0.2) is 14.2 Å². The molecule has 130 valence electrons. The van der Waals surface area contributed by atoms with Crippen LogP contribution in [0.25, 0.3) is 0 Å². The first-order chi connectivity index (χ1) is 11.7. The zero-order valence-corrected chi connectivity index (χ0v) is 15.3. The standard InChI is InChI=1S/C13H18O.C9H12O/c1-14-13-9-5-8-12(10-13)11-6-3-2-4-7-11;1-8-4-3-5-9(10-2)7-6-8/h5,8-11H,2-4,6-7H2,1H3;4-7H,3H2,1-2H3. The summed E-state index contributed by atoms with van der Waals surface area (Å²) < 4.78 is 10.3. The van der Waals surface area contributed by atoms with Crippen molar-refractivity contribution >= 4 is 0 Å². The Labute approximate surface area is 146 Å². The van der Waals surface area contributed by atoms with E-state index in [1.165, 1.54) is 43.2 Å². The molecule has 2 aliphatic rings. The van der Waals surface area contributed by atoms with E-state index in [2.05, 4.69) is 43.4 Å². The van der Waals surface area contributed by atoms with Crippen LogP contribution in [0.2, 0.25) is 0 Å². The van der Waals surface area contributed by atoms with Gasteiger partial charge in [0, 0.05) is 0 Å². The van der Waals surface area contributed by atoms with Gasteiger partial charge in [0.25, 0.3) is 0 Å². The molecule has 0 saturated heterocycles. The maximum Gasteiger partial charge on any atom is 0.119 e. The summed E-state index contributed by atoms with van der Waals surface area (Å²) in [6.45, 7) is 2.09. The predicted octanol–water partition coefficient (Wildman–Crippen LogP) is 6.17. The highest BCUT2D eigenvalue weighted by molar-refractivity contribution is 5.31. The zero-order chi connectivity index (χ0) is 17.2. The van der Waals surface area contributed by atoms with Crippen molar-refractivity contribution in [3.8, 4) is 5.75 Å². The molecule has 2 heteroatoms. The Balaban J connectivity index is 0.000000185. The average molecular weight is 326 g/mol. The second-order valence-corrected chi connectivity index (χ2v) is 6.44. The highest BCUT2D eigenvalue weighted by atomic mass is 16.5. The lowest BCUT2D eigenvalue weighted by Gasteiger charge is -2.22. The van der Waals surface area contributed by atoms with E-state index in [4.69, 9.17) is 9.47 Å². The van der Waals surface area contributed by atoms with Crippen molar-refractivity contribution in [1.29, 1.82) is 0 Å². The van der Waals surface area contributed by atoms with Crippen LogP contribution in [0.1, 0.15) is 56.9 Å². The quantitative estimate of drug-likeness (QED) is 0.661. The second-order valence-electron chi connectivity index (χ2n) is 6.44. The molecule has 1 aromatic rings. The van der Waals surface area contributed by atoms with E-state index in [0.29, 0.717) is 0 Å². The Kier molecular flexibility index (Phi) is 7.67. The summed E-state index contributed by atoms with van der Waals surface area (Å²) in [6.07, 6.45) is 16.2. The van der Waals surface area contributed by atoms with Crippen LogP contribution in [0.5, 0.6) is 5.75 Å². The van der Waals surface area contributed by atoms with Crippen LogP contribution >= 0.6 is 0 Å². The third-order valence-electron chi connectivity index (χ3n) is 4.68. The molecular formula is C22H30O2. The van der Waals surface area contributed by atoms with E-state index < -0.39 is 0 Å². The fourth-order valence-corrected chi connectivity index (χ4v) is 3.19. The fourth-order valence-electron chi connectivity index (χ4n) is 3.19. The van der Waals surface area contributed by atoms with Crippen LogP contribution in [0.4, 0.5) is 0 Å². The molecule has 1 saturated carbocycles. The molecule has 0 N–H and O–H groups in total. The molecule has 0 spiro atoms. The van der Waals surface area contributed by atoms with E-state index in [-0.39, 0.29) is 0 Å². The molecule has 0 atom stereocenters. The van der Waals surface area contributed by atoms with Gasteiger partial charge >= 0.3 is 0 Å². The van der Waals surface area contributed by atoms with Gasteiger partial charge in [-0.25, -0.2) is 0 Å². The molecule has 0 aliphatic heterocycles. The van der Waals surface area contributed by atoms with E-state index in [1.807, 2.05) is 12.1 Å². The second kappa shape index (κ2) is 10.0. The molecular weight excluding hydrogens is 296 g/mol. The van der Waals surface area contributed by atoms with Crippen molar-refractivity contribution < 1.29 is 9.47 Å². The molecule has 1 aromatic carbocycles. The topological polar surface area (TPSA) is 18.5 Å². The monoisotopic (exact) mass is 326 g/mol. The number of rotatable bonds is 3. The lowest BCUT2D eigenvalue weighted by Crippen LogP contribution is -2.04. The summed E-state index contributed by atoms with van der Waals surface area (Å²) in [5.74, 6) is 2.72. The predicted molar refractivity (Wildman–Crippen MR) is 101 cm³/mol. The number of methoxy groups -OCH3 is 2. The number of allylic oxidation sites excluding steroid dienone is 5. The van der Waals surface area contributed by atoms with Crippen LogP contribution < -0.4 is 4.74 Å². The average Bonchev–Trinajstić information content (AvgIpc) is 2.87. The largest absolute Gasteiger partial charge is 0.497 e. The molecule has 2 aliphatic carbocycles. The number of ether oxygens (including phenoxy) is 2. The van der Waals surface area contributed by atoms with E-state index in [9.17, 15) is 0 Å². The highest BCUT2D eigenvalue weighted by Gasteiger charge is 2.15. The molecule has 0 heterocycles. The van der Waals surface area contributed by atoms with Crippen LogP contribution in [0, 0.1) is 0 Å². The zero-order valence-electron chi connectivity index (χ0n) is 15.3. The summed E-state index contributed by atoms with van der Waals surface area (Å²) in [4.78, 5) is 0. The summed E-state index contributed by atoms with van der Waals surface area (Å²) in [5, 5.41) is 0. The van der Waals surface area contributed by atoms with Gasteiger partial charge in [-0.3, -0.25) is 0 Å². The van der Waals surface area contributed by atoms with Gasteiger partial charge in [-0.1, -0.05) is 49.1 Å². The number of hydrogen-bond donors (Lipinski definition) is 0. The fraction of sp³-hybridized carbons (Fsp3) is 0.455. The number of benzene rings is 1. The maximum atomic E-state index is 5.25. The van der Waals surface area contributed by atoms with E-state index >= 15 is 0 Å². The molecule has 0 bridgehead atoms. The summed E-state index contributed by atoms with van der Waals surface area (Å²) in [7, 11) is 3.43. The van der Waals surface area contributed by atoms with Crippen LogP contribution in [0.15, 0.2) is 59.9 Å². The minimum atomic E-state index is 0.777. The van der Waals surface area contributed by atoms with Gasteiger partial charge in [-0.2, -0.15) is 0 Å². The van der Waals surface area contributed by atoms with Gasteiger partial charge in [0.1, 0.15) is 11.5 Å². The molecule has 24 heavy (non-hydrogen) atoms. The summed E-state index contributed by atoms with van der Waals surface area (Å²) in [6, 6.07) is 8.55. The van der Waals surface area contributed by atoms with Crippen molar-refractivity contribution in [2.24, 2.45) is 0 Å². The van der Waals surface area contributed by atoms with Crippen LogP contribution in [-0.2, 0) is 4.74 Å². The van der Waals surface area contributed by atoms with E-state index in [0.717, 1.165) is 23.8 Å². The van der Waals surface area contributed by atoms with Crippen molar-refractivity contribution in [3.05, 3.63) is 65.5 Å². The van der Waals surface area contributed by atoms with Gasteiger partial charge in [0.05, 0.1) is 14.2 Å². The first kappa shape index (κ1) is 18.4. The van der Waals surface area contributed by atoms with Crippen molar-refractivity contribution in [3.63, 3.8) is 0 Å². The lowest BCUT2D eigenvalue weighted by atomic mass is 9.84. The molecule has 0 unspecified atom stereocenters. The SMILES string of the molecule is COC1=CCC=C(C)C=C1.COc1cccc(C2CCCCC2)c1. The van der Waals surface area contributed by atoms with Gasteiger partial charge in [-0.15, -0.1) is 0 Å². The Morgan fingerprint density at radius 2 is 1.71 bits per heavy atom. The van der Waals surface area contributed by atoms with E-state index in [1.54, 1.807) is 14.2 Å². The molecule has 0 aromatic heterocycles. The normalized spacial score (nSPS) is 17.8. The molecule has 1 fully saturated rings. The van der Waals surface area contributed by atoms with Crippen LogP contribution in [0.3, 0.4) is 0 Å². The number of hydrogen-bond acceptors (Lipinski definition) is 2. The van der Waals surface area contributed by atoms with Gasteiger partial charge in [0.15, 0.2) is 0 Å². The maximum absolute atomic E-state index is 5.25. The van der Waals surface area contributed by atoms with Crippen molar-refractivity contribution in [1.82, 2.24) is 0 Å². The Morgan fingerprint density at radius 1 is 0.917 bits per heavy atom. The molecule has 3 rings (SSSR count). The Bertz CT molecular complexity index is 590. The minimum Gasteiger partial charge on any atom is -0.497 e. The lowest BCUT2D eigenvalue weighted by molar-refractivity contribution is 0.306. The molecule has 0 amide bonds. The highest BCUT2D eigenvalue weighted by Crippen LogP contribution is 2.33. The summed E-state index contributed by atoms with van der Waals surface area (Å²) >= 11 is 0. The third kappa shape index (κ3) is 5.92. The Hall–Kier alpha value is -1.96. The van der Waals surface area contributed by atoms with Crippen molar-refractivity contribution in [2.45, 2.75) is 51.4 Å². The molecule has 2 nitrogen and oxygen atoms in total. The summed E-state index contributed by atoms with van der Waals surface area (Å²) in [5.41, 5.74) is 2.76. The first-order valence-electron chi connectivity index (χ1n) is 8.96. The van der Waals surface area contributed by atoms with Gasteiger partial charge in [0.2, 0.25) is 0 Å². The Morgan fingerprint density at radius 3 is 2.42 bits per heavy atom. The van der Waals surface area contributed by atoms with Crippen molar-refractivity contribution in [2.75, 3.05) is 14.2 Å². The van der Waals surface area contributed by atoms with Gasteiger partial charge in [-0.05, 0) is 62.0 Å². The smallest absolute Gasteiger partial charge is 0.119 e. The third-order valence-corrected chi connectivity index (χ3v) is 4.68. The van der Waals surface area contributed by atoms with Gasteiger partial charge < -0.3 is 9.47 Å².